The third-order valence-corrected chi connectivity index (χ3v) is 8.11. The zero-order valence-electron chi connectivity index (χ0n) is 22.8. The summed E-state index contributed by atoms with van der Waals surface area (Å²) in [5.41, 5.74) is 0. The van der Waals surface area contributed by atoms with Crippen LogP contribution in [0.25, 0.3) is 0 Å². The van der Waals surface area contributed by atoms with Gasteiger partial charge in [-0.05, 0) is 19.4 Å². The van der Waals surface area contributed by atoms with Gasteiger partial charge in [0.05, 0.1) is 0 Å². The van der Waals surface area contributed by atoms with Crippen LogP contribution in [-0.4, -0.2) is 22.5 Å². The van der Waals surface area contributed by atoms with Crippen LogP contribution in [0.15, 0.2) is 0 Å². The average Bonchev–Trinajstić information content (AvgIpc) is 2.80. The van der Waals surface area contributed by atoms with Crippen molar-refractivity contribution in [2.45, 2.75) is 174 Å². The lowest BCUT2D eigenvalue weighted by Crippen LogP contribution is -2.19. The first-order valence-corrected chi connectivity index (χ1v) is 17.1. The van der Waals surface area contributed by atoms with Gasteiger partial charge < -0.3 is 8.85 Å². The number of hydrogen-bond acceptors (Lipinski definition) is 2. The highest BCUT2D eigenvalue weighted by atomic mass is 28.3. The average molecular weight is 471 g/mol. The van der Waals surface area contributed by atoms with E-state index in [1.54, 1.807) is 0 Å². The molecule has 0 saturated heterocycles. The minimum absolute atomic E-state index is 0.920. The molecule has 0 radical (unpaired) electrons. The van der Waals surface area contributed by atoms with Crippen LogP contribution in [0.3, 0.4) is 0 Å². The standard InChI is InChI=1S/C29H62O2Si/c1-4-6-8-10-12-14-16-18-20-22-24-26-28-30-32(3)31-29-27-25-23-21-19-17-15-13-11-9-7-5-2/h32H,4-29H2,1-3H3. The van der Waals surface area contributed by atoms with Crippen LogP contribution in [0.1, 0.15) is 168 Å². The van der Waals surface area contributed by atoms with E-state index in [1.165, 1.54) is 154 Å². The SMILES string of the molecule is CCCCCCCCCCCCCCO[SiH](C)OCCCCCCCCCCCCCC. The van der Waals surface area contributed by atoms with Crippen molar-refractivity contribution in [3.05, 3.63) is 0 Å². The lowest BCUT2D eigenvalue weighted by atomic mass is 10.1. The molecule has 2 nitrogen and oxygen atoms in total. The molecule has 0 fully saturated rings. The van der Waals surface area contributed by atoms with Gasteiger partial charge in [0.25, 0.3) is 0 Å². The van der Waals surface area contributed by atoms with E-state index in [9.17, 15) is 0 Å². The van der Waals surface area contributed by atoms with E-state index in [2.05, 4.69) is 20.4 Å². The molecule has 32 heavy (non-hydrogen) atoms. The Hall–Kier alpha value is 0.137. The van der Waals surface area contributed by atoms with E-state index in [0.717, 1.165) is 13.2 Å². The summed E-state index contributed by atoms with van der Waals surface area (Å²) in [5.74, 6) is 0. The van der Waals surface area contributed by atoms with Crippen molar-refractivity contribution in [1.82, 2.24) is 0 Å². The molecule has 0 saturated carbocycles. The van der Waals surface area contributed by atoms with Gasteiger partial charge in [0.1, 0.15) is 0 Å². The molecule has 0 bridgehead atoms. The van der Waals surface area contributed by atoms with Gasteiger partial charge >= 0.3 is 9.28 Å². The van der Waals surface area contributed by atoms with Crippen molar-refractivity contribution in [2.75, 3.05) is 13.2 Å². The lowest BCUT2D eigenvalue weighted by Gasteiger charge is -2.12. The molecule has 0 spiro atoms. The molecule has 0 aromatic carbocycles. The van der Waals surface area contributed by atoms with Gasteiger partial charge in [0.15, 0.2) is 0 Å². The fourth-order valence-electron chi connectivity index (χ4n) is 4.43. The first-order valence-electron chi connectivity index (χ1n) is 15.0. The summed E-state index contributed by atoms with van der Waals surface area (Å²) in [4.78, 5) is 0. The topological polar surface area (TPSA) is 18.5 Å². The minimum atomic E-state index is -1.38. The Kier molecular flexibility index (Phi) is 29.3. The number of hydrogen-bond donors (Lipinski definition) is 0. The molecule has 0 amide bonds. The Bertz CT molecular complexity index is 294. The summed E-state index contributed by atoms with van der Waals surface area (Å²) in [6.07, 6.45) is 33.6. The molecular weight excluding hydrogens is 408 g/mol. The van der Waals surface area contributed by atoms with Gasteiger partial charge in [0.2, 0.25) is 0 Å². The van der Waals surface area contributed by atoms with E-state index < -0.39 is 9.28 Å². The van der Waals surface area contributed by atoms with E-state index in [0.29, 0.717) is 0 Å². The van der Waals surface area contributed by atoms with Crippen LogP contribution in [0, 0.1) is 0 Å². The highest BCUT2D eigenvalue weighted by Crippen LogP contribution is 2.13. The summed E-state index contributed by atoms with van der Waals surface area (Å²) >= 11 is 0. The first kappa shape index (κ1) is 32.1. The number of unbranched alkanes of at least 4 members (excludes halogenated alkanes) is 22. The smallest absolute Gasteiger partial charge is 0.318 e. The van der Waals surface area contributed by atoms with Gasteiger partial charge in [-0.15, -0.1) is 0 Å². The van der Waals surface area contributed by atoms with Crippen molar-refractivity contribution in [2.24, 2.45) is 0 Å². The second kappa shape index (κ2) is 29.2. The monoisotopic (exact) mass is 470 g/mol. The summed E-state index contributed by atoms with van der Waals surface area (Å²) in [7, 11) is -1.38. The molecule has 0 aliphatic carbocycles. The fourth-order valence-corrected chi connectivity index (χ4v) is 5.53. The van der Waals surface area contributed by atoms with Crippen LogP contribution in [-0.2, 0) is 8.85 Å². The molecule has 0 unspecified atom stereocenters. The van der Waals surface area contributed by atoms with E-state index in [1.807, 2.05) is 0 Å². The van der Waals surface area contributed by atoms with Crippen molar-refractivity contribution < 1.29 is 8.85 Å². The Morgan fingerprint density at radius 3 is 0.812 bits per heavy atom. The maximum Gasteiger partial charge on any atom is 0.318 e. The van der Waals surface area contributed by atoms with Gasteiger partial charge in [0, 0.05) is 13.2 Å². The third-order valence-electron chi connectivity index (χ3n) is 6.70. The van der Waals surface area contributed by atoms with Crippen molar-refractivity contribution >= 4 is 9.28 Å². The second-order valence-corrected chi connectivity index (χ2v) is 11.9. The van der Waals surface area contributed by atoms with Crippen molar-refractivity contribution in [3.63, 3.8) is 0 Å². The maximum atomic E-state index is 5.96. The second-order valence-electron chi connectivity index (χ2n) is 10.1. The summed E-state index contributed by atoms with van der Waals surface area (Å²) < 4.78 is 11.9. The van der Waals surface area contributed by atoms with E-state index in [-0.39, 0.29) is 0 Å². The molecule has 0 heterocycles. The molecule has 0 rings (SSSR count). The van der Waals surface area contributed by atoms with Gasteiger partial charge in [-0.2, -0.15) is 0 Å². The van der Waals surface area contributed by atoms with Crippen LogP contribution in [0.2, 0.25) is 6.55 Å². The minimum Gasteiger partial charge on any atom is -0.397 e. The molecule has 0 aromatic heterocycles. The maximum absolute atomic E-state index is 5.96. The first-order chi connectivity index (χ1) is 15.8. The van der Waals surface area contributed by atoms with Gasteiger partial charge in [-0.25, -0.2) is 0 Å². The molecule has 0 aliphatic heterocycles. The van der Waals surface area contributed by atoms with Crippen molar-refractivity contribution in [3.8, 4) is 0 Å². The molecule has 0 aromatic rings. The quantitative estimate of drug-likeness (QED) is 0.0836. The summed E-state index contributed by atoms with van der Waals surface area (Å²) in [5, 5.41) is 0. The molecule has 3 heteroatoms. The Morgan fingerprint density at radius 1 is 0.344 bits per heavy atom. The van der Waals surface area contributed by atoms with Crippen LogP contribution >= 0.6 is 0 Å². The zero-order valence-corrected chi connectivity index (χ0v) is 23.9. The van der Waals surface area contributed by atoms with Gasteiger partial charge in [-0.3, -0.25) is 0 Å². The Balaban J connectivity index is 3.13. The highest BCUT2D eigenvalue weighted by molar-refractivity contribution is 6.42. The van der Waals surface area contributed by atoms with Gasteiger partial charge in [-0.1, -0.05) is 155 Å². The molecule has 0 atom stereocenters. The van der Waals surface area contributed by atoms with Crippen molar-refractivity contribution in [1.29, 1.82) is 0 Å². The molecule has 194 valence electrons. The fraction of sp³-hybridized carbons (Fsp3) is 1.00. The molecule has 0 N–H and O–H groups in total. The van der Waals surface area contributed by atoms with Crippen LogP contribution in [0.4, 0.5) is 0 Å². The Morgan fingerprint density at radius 2 is 0.562 bits per heavy atom. The zero-order chi connectivity index (χ0) is 23.4. The normalized spacial score (nSPS) is 11.6. The third kappa shape index (κ3) is 28.2. The number of rotatable bonds is 28. The molecule has 0 aliphatic rings. The van der Waals surface area contributed by atoms with Crippen LogP contribution in [0.5, 0.6) is 0 Å². The lowest BCUT2D eigenvalue weighted by molar-refractivity contribution is 0.194. The van der Waals surface area contributed by atoms with E-state index >= 15 is 0 Å². The molecular formula is C29H62O2Si. The predicted octanol–water partition coefficient (Wildman–Crippen LogP) is 10.3. The summed E-state index contributed by atoms with van der Waals surface area (Å²) in [6, 6.07) is 0. The Labute approximate surface area is 205 Å². The van der Waals surface area contributed by atoms with Crippen LogP contribution < -0.4 is 0 Å². The predicted molar refractivity (Wildman–Crippen MR) is 147 cm³/mol. The summed E-state index contributed by atoms with van der Waals surface area (Å²) in [6.45, 7) is 8.62. The highest BCUT2D eigenvalue weighted by Gasteiger charge is 2.05. The largest absolute Gasteiger partial charge is 0.397 e. The van der Waals surface area contributed by atoms with E-state index in [4.69, 9.17) is 8.85 Å².